The Balaban J connectivity index is 2.20. The third-order valence-electron chi connectivity index (χ3n) is 2.73. The van der Waals surface area contributed by atoms with Crippen LogP contribution in [0.1, 0.15) is 15.9 Å². The molecule has 0 aliphatic heterocycles. The zero-order chi connectivity index (χ0) is 13.8. The number of carbonyl (C=O) groups is 1. The minimum absolute atomic E-state index is 0.0414. The molecule has 2 aromatic carbocycles. The summed E-state index contributed by atoms with van der Waals surface area (Å²) in [6, 6.07) is 9.91. The van der Waals surface area contributed by atoms with Crippen LogP contribution in [0.25, 0.3) is 0 Å². The van der Waals surface area contributed by atoms with Gasteiger partial charge in [0.1, 0.15) is 17.4 Å². The number of rotatable bonds is 4. The summed E-state index contributed by atoms with van der Waals surface area (Å²) in [7, 11) is 1.53. The van der Waals surface area contributed by atoms with Gasteiger partial charge in [-0.3, -0.25) is 4.79 Å². The van der Waals surface area contributed by atoms with Crippen molar-refractivity contribution in [2.24, 2.45) is 0 Å². The van der Waals surface area contributed by atoms with Crippen LogP contribution < -0.4 is 4.74 Å². The minimum Gasteiger partial charge on any atom is -0.497 e. The predicted octanol–water partition coefficient (Wildman–Crippen LogP) is 3.40. The first-order valence-electron chi connectivity index (χ1n) is 5.71. The van der Waals surface area contributed by atoms with Crippen LogP contribution in [0.4, 0.5) is 8.78 Å². The quantitative estimate of drug-likeness (QED) is 0.789. The lowest BCUT2D eigenvalue weighted by Crippen LogP contribution is -2.06. The normalized spacial score (nSPS) is 10.3. The van der Waals surface area contributed by atoms with Crippen molar-refractivity contribution < 1.29 is 18.3 Å². The maximum atomic E-state index is 13.5. The Kier molecular flexibility index (Phi) is 3.90. The second-order valence-corrected chi connectivity index (χ2v) is 4.08. The number of hydrogen-bond acceptors (Lipinski definition) is 2. The van der Waals surface area contributed by atoms with E-state index in [0.717, 1.165) is 12.1 Å². The van der Waals surface area contributed by atoms with Crippen molar-refractivity contribution in [1.29, 1.82) is 0 Å². The van der Waals surface area contributed by atoms with Crippen LogP contribution in [-0.2, 0) is 6.42 Å². The number of ether oxygens (including phenoxy) is 1. The summed E-state index contributed by atoms with van der Waals surface area (Å²) in [6.45, 7) is 0. The Hall–Kier alpha value is -2.23. The molecule has 98 valence electrons. The van der Waals surface area contributed by atoms with Gasteiger partial charge in [-0.15, -0.1) is 0 Å². The van der Waals surface area contributed by atoms with Gasteiger partial charge in [0.25, 0.3) is 0 Å². The van der Waals surface area contributed by atoms with Crippen molar-refractivity contribution in [2.75, 3.05) is 7.11 Å². The van der Waals surface area contributed by atoms with E-state index in [9.17, 15) is 13.6 Å². The number of hydrogen-bond donors (Lipinski definition) is 0. The van der Waals surface area contributed by atoms with E-state index in [1.807, 2.05) is 0 Å². The van der Waals surface area contributed by atoms with Crippen molar-refractivity contribution in [2.45, 2.75) is 6.42 Å². The molecule has 2 nitrogen and oxygen atoms in total. The lowest BCUT2D eigenvalue weighted by Gasteiger charge is -2.05. The van der Waals surface area contributed by atoms with Crippen LogP contribution in [0.15, 0.2) is 42.5 Å². The minimum atomic E-state index is -0.840. The third kappa shape index (κ3) is 3.16. The molecule has 19 heavy (non-hydrogen) atoms. The van der Waals surface area contributed by atoms with Gasteiger partial charge < -0.3 is 4.74 Å². The monoisotopic (exact) mass is 262 g/mol. The number of methoxy groups -OCH3 is 1. The van der Waals surface area contributed by atoms with Gasteiger partial charge in [-0.2, -0.15) is 0 Å². The van der Waals surface area contributed by atoms with Crippen LogP contribution in [0.2, 0.25) is 0 Å². The zero-order valence-corrected chi connectivity index (χ0v) is 10.3. The fourth-order valence-electron chi connectivity index (χ4n) is 1.78. The molecular weight excluding hydrogens is 250 g/mol. The molecule has 0 saturated carbocycles. The number of halogens is 2. The van der Waals surface area contributed by atoms with Crippen LogP contribution in [-0.4, -0.2) is 12.9 Å². The molecule has 0 fully saturated rings. The van der Waals surface area contributed by atoms with E-state index in [-0.39, 0.29) is 12.0 Å². The van der Waals surface area contributed by atoms with Gasteiger partial charge in [-0.05, 0) is 29.8 Å². The number of ketones is 1. The molecule has 0 spiro atoms. The fraction of sp³-hybridized carbons (Fsp3) is 0.133. The van der Waals surface area contributed by atoms with E-state index in [1.165, 1.54) is 7.11 Å². The van der Waals surface area contributed by atoms with Gasteiger partial charge in [-0.25, -0.2) is 8.78 Å². The second-order valence-electron chi connectivity index (χ2n) is 4.08. The molecular formula is C15H12F2O2. The summed E-state index contributed by atoms with van der Waals surface area (Å²) < 4.78 is 31.3. The summed E-state index contributed by atoms with van der Waals surface area (Å²) in [5.41, 5.74) is 0.609. The van der Waals surface area contributed by atoms with Crippen LogP contribution >= 0.6 is 0 Å². The smallest absolute Gasteiger partial charge is 0.170 e. The molecule has 0 bridgehead atoms. The molecule has 0 N–H and O–H groups in total. The lowest BCUT2D eigenvalue weighted by atomic mass is 10.0. The topological polar surface area (TPSA) is 26.3 Å². The molecule has 0 amide bonds. The summed E-state index contributed by atoms with van der Waals surface area (Å²) in [5.74, 6) is -1.31. The second kappa shape index (κ2) is 5.61. The van der Waals surface area contributed by atoms with Gasteiger partial charge in [0.05, 0.1) is 12.7 Å². The maximum absolute atomic E-state index is 13.5. The summed E-state index contributed by atoms with van der Waals surface area (Å²) in [4.78, 5) is 11.9. The number of carbonyl (C=O) groups excluding carboxylic acids is 1. The summed E-state index contributed by atoms with van der Waals surface area (Å²) >= 11 is 0. The molecule has 4 heteroatoms. The van der Waals surface area contributed by atoms with E-state index < -0.39 is 17.4 Å². The van der Waals surface area contributed by atoms with Gasteiger partial charge in [0, 0.05) is 12.5 Å². The van der Waals surface area contributed by atoms with Gasteiger partial charge in [0.15, 0.2) is 5.78 Å². The van der Waals surface area contributed by atoms with Crippen molar-refractivity contribution in [3.8, 4) is 5.75 Å². The van der Waals surface area contributed by atoms with Gasteiger partial charge in [-0.1, -0.05) is 12.1 Å². The highest BCUT2D eigenvalue weighted by Crippen LogP contribution is 2.16. The van der Waals surface area contributed by atoms with Crippen LogP contribution in [0.5, 0.6) is 5.75 Å². The first-order valence-corrected chi connectivity index (χ1v) is 5.71. The van der Waals surface area contributed by atoms with Crippen molar-refractivity contribution in [1.82, 2.24) is 0 Å². The first-order chi connectivity index (χ1) is 9.10. The maximum Gasteiger partial charge on any atom is 0.170 e. The average molecular weight is 262 g/mol. The predicted molar refractivity (Wildman–Crippen MR) is 67.4 cm³/mol. The van der Waals surface area contributed by atoms with Crippen molar-refractivity contribution in [3.05, 3.63) is 65.2 Å². The Morgan fingerprint density at radius 1 is 1.16 bits per heavy atom. The van der Waals surface area contributed by atoms with E-state index in [2.05, 4.69) is 0 Å². The van der Waals surface area contributed by atoms with Crippen molar-refractivity contribution >= 4 is 5.78 Å². The standard InChI is InChI=1S/C15H12F2O2/c1-19-12-4-2-3-10(7-12)8-15(18)13-6-5-11(16)9-14(13)17/h2-7,9H,8H2,1H3. The van der Waals surface area contributed by atoms with Gasteiger partial charge in [0.2, 0.25) is 0 Å². The highest BCUT2D eigenvalue weighted by Gasteiger charge is 2.13. The molecule has 0 aromatic heterocycles. The Morgan fingerprint density at radius 2 is 1.95 bits per heavy atom. The van der Waals surface area contributed by atoms with Crippen LogP contribution in [0, 0.1) is 11.6 Å². The van der Waals surface area contributed by atoms with Crippen LogP contribution in [0.3, 0.4) is 0 Å². The Morgan fingerprint density at radius 3 is 2.63 bits per heavy atom. The van der Waals surface area contributed by atoms with E-state index >= 15 is 0 Å². The lowest BCUT2D eigenvalue weighted by molar-refractivity contribution is 0.0989. The van der Waals surface area contributed by atoms with E-state index in [0.29, 0.717) is 17.4 Å². The Labute approximate surface area is 109 Å². The average Bonchev–Trinajstić information content (AvgIpc) is 2.38. The summed E-state index contributed by atoms with van der Waals surface area (Å²) in [6.07, 6.45) is 0.0414. The van der Waals surface area contributed by atoms with Gasteiger partial charge >= 0.3 is 0 Å². The molecule has 0 unspecified atom stereocenters. The molecule has 0 aliphatic rings. The highest BCUT2D eigenvalue weighted by atomic mass is 19.1. The SMILES string of the molecule is COc1cccc(CC(=O)c2ccc(F)cc2F)c1. The zero-order valence-electron chi connectivity index (χ0n) is 10.3. The van der Waals surface area contributed by atoms with E-state index in [4.69, 9.17) is 4.74 Å². The fourth-order valence-corrected chi connectivity index (χ4v) is 1.78. The molecule has 0 aliphatic carbocycles. The first kappa shape index (κ1) is 13.2. The van der Waals surface area contributed by atoms with E-state index in [1.54, 1.807) is 24.3 Å². The largest absolute Gasteiger partial charge is 0.497 e. The molecule has 0 atom stereocenters. The number of Topliss-reactive ketones (excluding diaryl/α,β-unsaturated/α-hetero) is 1. The molecule has 0 radical (unpaired) electrons. The third-order valence-corrected chi connectivity index (χ3v) is 2.73. The Bertz CT molecular complexity index is 609. The molecule has 0 heterocycles. The molecule has 0 saturated heterocycles. The molecule has 2 rings (SSSR count). The summed E-state index contributed by atoms with van der Waals surface area (Å²) in [5, 5.41) is 0. The highest BCUT2D eigenvalue weighted by molar-refractivity contribution is 5.97. The number of benzene rings is 2. The van der Waals surface area contributed by atoms with Crippen molar-refractivity contribution in [3.63, 3.8) is 0 Å². The molecule has 2 aromatic rings.